The topological polar surface area (TPSA) is 42.4 Å². The summed E-state index contributed by atoms with van der Waals surface area (Å²) in [6, 6.07) is 15.0. The summed E-state index contributed by atoms with van der Waals surface area (Å²) in [4.78, 5) is 18.4. The number of amides is 1. The molecule has 116 valence electrons. The molecule has 0 saturated carbocycles. The molecule has 1 aromatic carbocycles. The molecule has 2 heterocycles. The van der Waals surface area contributed by atoms with E-state index in [1.54, 1.807) is 28.6 Å². The third kappa shape index (κ3) is 4.17. The van der Waals surface area contributed by atoms with Crippen molar-refractivity contribution in [2.75, 3.05) is 11.5 Å². The fourth-order valence-electron chi connectivity index (χ4n) is 2.14. The number of para-hydroxylation sites is 1. The van der Waals surface area contributed by atoms with Crippen LogP contribution in [0.5, 0.6) is 5.75 Å². The van der Waals surface area contributed by atoms with Gasteiger partial charge in [0.25, 0.3) is 5.91 Å². The van der Waals surface area contributed by atoms with Crippen molar-refractivity contribution in [1.82, 2.24) is 4.98 Å². The zero-order chi connectivity index (χ0) is 15.9. The average molecular weight is 324 g/mol. The van der Waals surface area contributed by atoms with E-state index in [0.29, 0.717) is 12.3 Å². The van der Waals surface area contributed by atoms with Gasteiger partial charge in [0.1, 0.15) is 5.75 Å². The van der Waals surface area contributed by atoms with Gasteiger partial charge in [-0.25, -0.2) is 0 Å². The lowest BCUT2D eigenvalue weighted by Gasteiger charge is -2.22. The van der Waals surface area contributed by atoms with Crippen LogP contribution in [0.4, 0.5) is 5.69 Å². The van der Waals surface area contributed by atoms with Gasteiger partial charge < -0.3 is 9.64 Å². The van der Waals surface area contributed by atoms with Gasteiger partial charge in [-0.05, 0) is 46.7 Å². The number of benzene rings is 1. The number of nitrogens with zero attached hydrogens (tertiary/aromatic N) is 2. The first-order valence-corrected chi connectivity index (χ1v) is 8.16. The molecule has 2 aromatic heterocycles. The maximum Gasteiger partial charge on any atom is 0.265 e. The predicted octanol–water partition coefficient (Wildman–Crippen LogP) is 3.76. The molecule has 0 fully saturated rings. The number of carbonyl (C=O) groups excluding carboxylic acids is 1. The van der Waals surface area contributed by atoms with Crippen molar-refractivity contribution in [3.63, 3.8) is 0 Å². The van der Waals surface area contributed by atoms with E-state index in [9.17, 15) is 4.79 Å². The molecule has 3 aromatic rings. The minimum atomic E-state index is -0.104. The number of rotatable bonds is 6. The van der Waals surface area contributed by atoms with Gasteiger partial charge in [-0.15, -0.1) is 0 Å². The Balaban J connectivity index is 1.73. The second-order valence-electron chi connectivity index (χ2n) is 4.92. The van der Waals surface area contributed by atoms with Crippen LogP contribution in [0.25, 0.3) is 0 Å². The number of carbonyl (C=O) groups is 1. The van der Waals surface area contributed by atoms with Gasteiger partial charge in [0.15, 0.2) is 6.61 Å². The molecule has 3 rings (SSSR count). The summed E-state index contributed by atoms with van der Waals surface area (Å²) >= 11 is 1.61. The van der Waals surface area contributed by atoms with Gasteiger partial charge in [0.2, 0.25) is 0 Å². The fourth-order valence-corrected chi connectivity index (χ4v) is 2.80. The molecule has 0 saturated heterocycles. The highest BCUT2D eigenvalue weighted by molar-refractivity contribution is 7.07. The van der Waals surface area contributed by atoms with Crippen molar-refractivity contribution in [3.05, 3.63) is 77.2 Å². The number of pyridine rings is 1. The monoisotopic (exact) mass is 324 g/mol. The van der Waals surface area contributed by atoms with Crippen LogP contribution in [-0.4, -0.2) is 17.5 Å². The molecule has 0 aliphatic heterocycles. The number of hydrogen-bond acceptors (Lipinski definition) is 4. The Morgan fingerprint density at radius 1 is 1.13 bits per heavy atom. The maximum atomic E-state index is 12.6. The predicted molar refractivity (Wildman–Crippen MR) is 91.7 cm³/mol. The summed E-state index contributed by atoms with van der Waals surface area (Å²) in [5, 5.41) is 4.04. The molecule has 0 atom stereocenters. The van der Waals surface area contributed by atoms with Crippen molar-refractivity contribution in [3.8, 4) is 5.75 Å². The van der Waals surface area contributed by atoms with Crippen molar-refractivity contribution in [2.45, 2.75) is 6.54 Å². The minimum Gasteiger partial charge on any atom is -0.484 e. The summed E-state index contributed by atoms with van der Waals surface area (Å²) in [6.45, 7) is 0.495. The lowest BCUT2D eigenvalue weighted by molar-refractivity contribution is -0.120. The van der Waals surface area contributed by atoms with Crippen LogP contribution in [-0.2, 0) is 11.3 Å². The standard InChI is InChI=1S/C18H16N2O2S/c21-18(13-22-17-6-2-1-3-7-17)20(12-15-8-10-23-14-15)16-5-4-9-19-11-16/h1-11,14H,12-13H2. The van der Waals surface area contributed by atoms with E-state index in [1.165, 1.54) is 0 Å². The zero-order valence-electron chi connectivity index (χ0n) is 12.5. The second kappa shape index (κ2) is 7.56. The number of hydrogen-bond donors (Lipinski definition) is 0. The SMILES string of the molecule is O=C(COc1ccccc1)N(Cc1ccsc1)c1cccnc1. The third-order valence-corrected chi connectivity index (χ3v) is 4.02. The first-order valence-electron chi connectivity index (χ1n) is 7.22. The summed E-state index contributed by atoms with van der Waals surface area (Å²) in [7, 11) is 0. The Labute approximate surface area is 139 Å². The van der Waals surface area contributed by atoms with Crippen LogP contribution in [0, 0.1) is 0 Å². The zero-order valence-corrected chi connectivity index (χ0v) is 13.3. The van der Waals surface area contributed by atoms with E-state index >= 15 is 0 Å². The molecule has 0 unspecified atom stereocenters. The maximum absolute atomic E-state index is 12.6. The molecule has 0 N–H and O–H groups in total. The van der Waals surface area contributed by atoms with E-state index in [4.69, 9.17) is 4.74 Å². The van der Waals surface area contributed by atoms with E-state index in [0.717, 1.165) is 11.3 Å². The molecule has 5 heteroatoms. The summed E-state index contributed by atoms with van der Waals surface area (Å²) in [5.74, 6) is 0.579. The number of anilines is 1. The van der Waals surface area contributed by atoms with Crippen LogP contribution in [0.3, 0.4) is 0 Å². The minimum absolute atomic E-state index is 0.0109. The molecular weight excluding hydrogens is 308 g/mol. The largest absolute Gasteiger partial charge is 0.484 e. The van der Waals surface area contributed by atoms with Crippen LogP contribution in [0.2, 0.25) is 0 Å². The Hall–Kier alpha value is -2.66. The van der Waals surface area contributed by atoms with E-state index in [2.05, 4.69) is 4.98 Å². The van der Waals surface area contributed by atoms with Crippen LogP contribution in [0.1, 0.15) is 5.56 Å². The third-order valence-electron chi connectivity index (χ3n) is 3.28. The highest BCUT2D eigenvalue weighted by atomic mass is 32.1. The highest BCUT2D eigenvalue weighted by Gasteiger charge is 2.17. The Morgan fingerprint density at radius 2 is 2.00 bits per heavy atom. The smallest absolute Gasteiger partial charge is 0.265 e. The average Bonchev–Trinajstić information content (AvgIpc) is 3.12. The normalized spacial score (nSPS) is 10.3. The van der Waals surface area contributed by atoms with Crippen molar-refractivity contribution in [2.24, 2.45) is 0 Å². The summed E-state index contributed by atoms with van der Waals surface area (Å²) in [5.41, 5.74) is 1.85. The highest BCUT2D eigenvalue weighted by Crippen LogP contribution is 2.18. The molecule has 0 radical (unpaired) electrons. The van der Waals surface area contributed by atoms with Gasteiger partial charge in [-0.3, -0.25) is 9.78 Å². The Kier molecular flexibility index (Phi) is 5.01. The lowest BCUT2D eigenvalue weighted by Crippen LogP contribution is -2.34. The quantitative estimate of drug-likeness (QED) is 0.693. The lowest BCUT2D eigenvalue weighted by atomic mass is 10.2. The summed E-state index contributed by atoms with van der Waals surface area (Å²) in [6.07, 6.45) is 3.38. The van der Waals surface area contributed by atoms with Gasteiger partial charge in [-0.1, -0.05) is 18.2 Å². The Morgan fingerprint density at radius 3 is 2.70 bits per heavy atom. The molecule has 0 bridgehead atoms. The second-order valence-corrected chi connectivity index (χ2v) is 5.70. The molecule has 0 aliphatic rings. The molecule has 23 heavy (non-hydrogen) atoms. The molecule has 0 spiro atoms. The molecular formula is C18H16N2O2S. The summed E-state index contributed by atoms with van der Waals surface area (Å²) < 4.78 is 5.58. The van der Waals surface area contributed by atoms with Crippen molar-refractivity contribution < 1.29 is 9.53 Å². The fraction of sp³-hybridized carbons (Fsp3) is 0.111. The van der Waals surface area contributed by atoms with Gasteiger partial charge in [-0.2, -0.15) is 11.3 Å². The van der Waals surface area contributed by atoms with Crippen LogP contribution in [0.15, 0.2) is 71.7 Å². The van der Waals surface area contributed by atoms with Gasteiger partial charge in [0, 0.05) is 6.20 Å². The number of ether oxygens (including phenoxy) is 1. The van der Waals surface area contributed by atoms with E-state index in [-0.39, 0.29) is 12.5 Å². The number of thiophene rings is 1. The van der Waals surface area contributed by atoms with E-state index < -0.39 is 0 Å². The van der Waals surface area contributed by atoms with Crippen molar-refractivity contribution >= 4 is 22.9 Å². The van der Waals surface area contributed by atoms with Crippen LogP contribution < -0.4 is 9.64 Å². The van der Waals surface area contributed by atoms with Crippen LogP contribution >= 0.6 is 11.3 Å². The first kappa shape index (κ1) is 15.2. The molecule has 4 nitrogen and oxygen atoms in total. The Bertz CT molecular complexity index is 730. The van der Waals surface area contributed by atoms with E-state index in [1.807, 2.05) is 59.3 Å². The first-order chi connectivity index (χ1) is 11.3. The molecule has 0 aliphatic carbocycles. The van der Waals surface area contributed by atoms with Gasteiger partial charge in [0.05, 0.1) is 18.4 Å². The molecule has 1 amide bonds. The number of aromatic nitrogens is 1. The van der Waals surface area contributed by atoms with Gasteiger partial charge >= 0.3 is 0 Å². The van der Waals surface area contributed by atoms with Crippen molar-refractivity contribution in [1.29, 1.82) is 0 Å².